The predicted octanol–water partition coefficient (Wildman–Crippen LogP) is 2.46. The first-order valence-corrected chi connectivity index (χ1v) is 10.8. The summed E-state index contributed by atoms with van der Waals surface area (Å²) in [4.78, 5) is 16.7. The zero-order valence-electron chi connectivity index (χ0n) is 15.2. The molecule has 1 aliphatic rings. The second-order valence-electron chi connectivity index (χ2n) is 7.06. The fourth-order valence-electron chi connectivity index (χ4n) is 3.50. The van der Waals surface area contributed by atoms with Crippen LogP contribution in [0, 0.1) is 0 Å². The Hall–Kier alpha value is -1.70. The van der Waals surface area contributed by atoms with Crippen LogP contribution in [-0.4, -0.2) is 44.0 Å². The Morgan fingerprint density at radius 3 is 2.58 bits per heavy atom. The summed E-state index contributed by atoms with van der Waals surface area (Å²) in [5, 5.41) is 0.699. The van der Waals surface area contributed by atoms with Crippen molar-refractivity contribution >= 4 is 20.9 Å². The molecule has 142 valence electrons. The van der Waals surface area contributed by atoms with Crippen molar-refractivity contribution in [3.05, 3.63) is 40.7 Å². The molecule has 0 spiro atoms. The minimum atomic E-state index is -3.56. The van der Waals surface area contributed by atoms with Crippen LogP contribution in [-0.2, 0) is 10.0 Å². The van der Waals surface area contributed by atoms with Crippen LogP contribution in [0.25, 0.3) is 10.9 Å². The Balaban J connectivity index is 1.61. The molecule has 1 aromatic carbocycles. The fraction of sp³-hybridized carbons (Fsp3) is 0.526. The topological polar surface area (TPSA) is 82.3 Å². The first-order valence-electron chi connectivity index (χ1n) is 9.32. The molecule has 1 aliphatic heterocycles. The number of benzene rings is 1. The molecule has 0 bridgehead atoms. The molecular weight excluding hydrogens is 350 g/mol. The minimum Gasteiger partial charge on any atom is -0.322 e. The zero-order chi connectivity index (χ0) is 18.6. The van der Waals surface area contributed by atoms with Crippen molar-refractivity contribution in [3.8, 4) is 0 Å². The lowest BCUT2D eigenvalue weighted by atomic mass is 10.2. The number of nitrogens with zero attached hydrogens (tertiary/aromatic N) is 1. The van der Waals surface area contributed by atoms with E-state index in [1.54, 1.807) is 18.2 Å². The van der Waals surface area contributed by atoms with Crippen LogP contribution < -0.4 is 10.3 Å². The van der Waals surface area contributed by atoms with Gasteiger partial charge in [-0.2, -0.15) is 0 Å². The number of nitrogens with one attached hydrogen (secondary N) is 2. The SMILES string of the molecule is CC(CCNS(=O)(=O)c1ccc2[nH]c(=O)ccc2c1)N1CCCCCC1. The van der Waals surface area contributed by atoms with Gasteiger partial charge in [0.1, 0.15) is 0 Å². The molecule has 0 aliphatic carbocycles. The van der Waals surface area contributed by atoms with E-state index in [1.807, 2.05) is 0 Å². The Kier molecular flexibility index (Phi) is 6.11. The van der Waals surface area contributed by atoms with Gasteiger partial charge >= 0.3 is 0 Å². The van der Waals surface area contributed by atoms with Gasteiger partial charge in [-0.25, -0.2) is 13.1 Å². The van der Waals surface area contributed by atoms with E-state index in [4.69, 9.17) is 0 Å². The van der Waals surface area contributed by atoms with E-state index in [1.165, 1.54) is 37.8 Å². The van der Waals surface area contributed by atoms with E-state index in [0.29, 0.717) is 23.5 Å². The molecule has 7 heteroatoms. The summed E-state index contributed by atoms with van der Waals surface area (Å²) in [7, 11) is -3.56. The van der Waals surface area contributed by atoms with Gasteiger partial charge in [-0.15, -0.1) is 0 Å². The molecule has 1 saturated heterocycles. The van der Waals surface area contributed by atoms with Crippen molar-refractivity contribution in [3.63, 3.8) is 0 Å². The monoisotopic (exact) mass is 377 g/mol. The Bertz CT molecular complexity index is 900. The summed E-state index contributed by atoms with van der Waals surface area (Å²) in [6.45, 7) is 4.81. The number of aromatic nitrogens is 1. The van der Waals surface area contributed by atoms with Gasteiger partial charge < -0.3 is 9.88 Å². The van der Waals surface area contributed by atoms with Gasteiger partial charge in [0.25, 0.3) is 0 Å². The number of likely N-dealkylation sites (tertiary alicyclic amines) is 1. The first-order chi connectivity index (χ1) is 12.5. The van der Waals surface area contributed by atoms with E-state index >= 15 is 0 Å². The maximum Gasteiger partial charge on any atom is 0.248 e. The predicted molar refractivity (Wildman–Crippen MR) is 104 cm³/mol. The van der Waals surface area contributed by atoms with E-state index in [2.05, 4.69) is 21.5 Å². The van der Waals surface area contributed by atoms with Gasteiger partial charge in [0.2, 0.25) is 15.6 Å². The summed E-state index contributed by atoms with van der Waals surface area (Å²) in [6.07, 6.45) is 5.84. The summed E-state index contributed by atoms with van der Waals surface area (Å²) in [6, 6.07) is 8.15. The van der Waals surface area contributed by atoms with Gasteiger partial charge in [0.05, 0.1) is 4.90 Å². The molecule has 2 N–H and O–H groups in total. The number of hydrogen-bond donors (Lipinski definition) is 2. The molecule has 1 unspecified atom stereocenters. The van der Waals surface area contributed by atoms with Gasteiger partial charge in [-0.05, 0) is 68.9 Å². The number of H-pyrrole nitrogens is 1. The van der Waals surface area contributed by atoms with Crippen LogP contribution in [0.4, 0.5) is 0 Å². The Morgan fingerprint density at radius 2 is 1.85 bits per heavy atom. The first kappa shape index (κ1) is 19.1. The summed E-state index contributed by atoms with van der Waals surface area (Å²) in [5.41, 5.74) is 0.431. The quantitative estimate of drug-likeness (QED) is 0.810. The summed E-state index contributed by atoms with van der Waals surface area (Å²) >= 11 is 0. The highest BCUT2D eigenvalue weighted by atomic mass is 32.2. The fourth-order valence-corrected chi connectivity index (χ4v) is 4.59. The molecule has 1 atom stereocenters. The van der Waals surface area contributed by atoms with Crippen LogP contribution >= 0.6 is 0 Å². The molecule has 6 nitrogen and oxygen atoms in total. The normalized spacial score (nSPS) is 17.9. The van der Waals surface area contributed by atoms with Crippen molar-refractivity contribution in [1.82, 2.24) is 14.6 Å². The van der Waals surface area contributed by atoms with Crippen LogP contribution in [0.3, 0.4) is 0 Å². The van der Waals surface area contributed by atoms with Crippen LogP contribution in [0.2, 0.25) is 0 Å². The number of pyridine rings is 1. The maximum absolute atomic E-state index is 12.6. The lowest BCUT2D eigenvalue weighted by molar-refractivity contribution is 0.208. The molecule has 3 rings (SSSR count). The van der Waals surface area contributed by atoms with Crippen molar-refractivity contribution in [1.29, 1.82) is 0 Å². The standard InChI is InChI=1S/C19H27N3O3S/c1-15(22-12-4-2-3-5-13-22)10-11-20-26(24,25)17-7-8-18-16(14-17)6-9-19(23)21-18/h6-9,14-15,20H,2-5,10-13H2,1H3,(H,21,23). The highest BCUT2D eigenvalue weighted by Gasteiger charge is 2.18. The van der Waals surface area contributed by atoms with E-state index in [0.717, 1.165) is 19.5 Å². The molecule has 1 fully saturated rings. The molecule has 1 aromatic heterocycles. The molecule has 0 saturated carbocycles. The minimum absolute atomic E-state index is 0.200. The van der Waals surface area contributed by atoms with Gasteiger partial charge in [0.15, 0.2) is 0 Å². The third-order valence-electron chi connectivity index (χ3n) is 5.12. The Labute approximate surface area is 154 Å². The summed E-state index contributed by atoms with van der Waals surface area (Å²) < 4.78 is 27.8. The van der Waals surface area contributed by atoms with Crippen LogP contribution in [0.15, 0.2) is 40.0 Å². The average molecular weight is 378 g/mol. The highest BCUT2D eigenvalue weighted by Crippen LogP contribution is 2.17. The molecule has 26 heavy (non-hydrogen) atoms. The van der Waals surface area contributed by atoms with E-state index in [-0.39, 0.29) is 10.5 Å². The lowest BCUT2D eigenvalue weighted by Gasteiger charge is -2.27. The second kappa shape index (κ2) is 8.33. The average Bonchev–Trinajstić information content (AvgIpc) is 2.90. The summed E-state index contributed by atoms with van der Waals surface area (Å²) in [5.74, 6) is 0. The molecule has 2 heterocycles. The smallest absolute Gasteiger partial charge is 0.248 e. The van der Waals surface area contributed by atoms with Gasteiger partial charge in [-0.1, -0.05) is 12.8 Å². The highest BCUT2D eigenvalue weighted by molar-refractivity contribution is 7.89. The van der Waals surface area contributed by atoms with E-state index < -0.39 is 10.0 Å². The number of aromatic amines is 1. The molecule has 0 radical (unpaired) electrons. The molecular formula is C19H27N3O3S. The van der Waals surface area contributed by atoms with Crippen molar-refractivity contribution < 1.29 is 8.42 Å². The molecule has 0 amide bonds. The lowest BCUT2D eigenvalue weighted by Crippen LogP contribution is -2.37. The number of sulfonamides is 1. The third-order valence-corrected chi connectivity index (χ3v) is 6.58. The number of fused-ring (bicyclic) bond motifs is 1. The third kappa shape index (κ3) is 4.72. The maximum atomic E-state index is 12.6. The zero-order valence-corrected chi connectivity index (χ0v) is 16.0. The van der Waals surface area contributed by atoms with E-state index in [9.17, 15) is 13.2 Å². The number of hydrogen-bond acceptors (Lipinski definition) is 4. The van der Waals surface area contributed by atoms with Crippen molar-refractivity contribution in [2.24, 2.45) is 0 Å². The second-order valence-corrected chi connectivity index (χ2v) is 8.82. The molecule has 2 aromatic rings. The van der Waals surface area contributed by atoms with Crippen molar-refractivity contribution in [2.75, 3.05) is 19.6 Å². The van der Waals surface area contributed by atoms with Gasteiger partial charge in [-0.3, -0.25) is 4.79 Å². The Morgan fingerprint density at radius 1 is 1.12 bits per heavy atom. The largest absolute Gasteiger partial charge is 0.322 e. The van der Waals surface area contributed by atoms with Crippen molar-refractivity contribution in [2.45, 2.75) is 50.0 Å². The van der Waals surface area contributed by atoms with Crippen LogP contribution in [0.5, 0.6) is 0 Å². The van der Waals surface area contributed by atoms with Gasteiger partial charge in [0, 0.05) is 24.2 Å². The number of rotatable bonds is 6. The van der Waals surface area contributed by atoms with Crippen LogP contribution in [0.1, 0.15) is 39.0 Å².